The second kappa shape index (κ2) is 7.40. The number of amides is 1. The summed E-state index contributed by atoms with van der Waals surface area (Å²) >= 11 is 0. The van der Waals surface area contributed by atoms with Crippen molar-refractivity contribution < 1.29 is 9.53 Å². The lowest BCUT2D eigenvalue weighted by molar-refractivity contribution is 0.0273. The molecule has 1 amide bonds. The van der Waals surface area contributed by atoms with E-state index >= 15 is 0 Å². The number of hydrogen-bond acceptors (Lipinski definition) is 3. The molecule has 5 heteroatoms. The molecule has 0 spiro atoms. The number of aromatic nitrogens is 2. The van der Waals surface area contributed by atoms with Crippen LogP contribution in [0, 0.1) is 0 Å². The van der Waals surface area contributed by atoms with Crippen LogP contribution in [0.25, 0.3) is 11.0 Å². The van der Waals surface area contributed by atoms with Crippen molar-refractivity contribution in [1.29, 1.82) is 0 Å². The lowest BCUT2D eigenvalue weighted by atomic mass is 9.98. The molecule has 0 atom stereocenters. The molecule has 1 aromatic heterocycles. The van der Waals surface area contributed by atoms with Crippen molar-refractivity contribution in [1.82, 2.24) is 15.3 Å². The van der Waals surface area contributed by atoms with Gasteiger partial charge in [-0.05, 0) is 37.5 Å². The highest BCUT2D eigenvalue weighted by molar-refractivity contribution is 5.97. The van der Waals surface area contributed by atoms with Gasteiger partial charge in [-0.15, -0.1) is 0 Å². The zero-order valence-corrected chi connectivity index (χ0v) is 12.8. The van der Waals surface area contributed by atoms with Crippen LogP contribution in [0.2, 0.25) is 0 Å². The number of fused-ring (bicyclic) bond motifs is 1. The van der Waals surface area contributed by atoms with Crippen LogP contribution < -0.4 is 5.32 Å². The van der Waals surface area contributed by atoms with Crippen molar-refractivity contribution in [2.45, 2.75) is 44.6 Å². The summed E-state index contributed by atoms with van der Waals surface area (Å²) in [4.78, 5) is 19.3. The molecule has 1 saturated carbocycles. The maximum atomic E-state index is 12.1. The first-order valence-electron chi connectivity index (χ1n) is 8.16. The average Bonchev–Trinajstić information content (AvgIpc) is 3.03. The third-order valence-electron chi connectivity index (χ3n) is 4.19. The van der Waals surface area contributed by atoms with Crippen LogP contribution in [-0.4, -0.2) is 35.1 Å². The minimum absolute atomic E-state index is 0.0471. The van der Waals surface area contributed by atoms with Crippen molar-refractivity contribution >= 4 is 16.9 Å². The fourth-order valence-corrected chi connectivity index (χ4v) is 2.93. The number of carbonyl (C=O) groups is 1. The molecule has 5 nitrogen and oxygen atoms in total. The van der Waals surface area contributed by atoms with Crippen molar-refractivity contribution in [3.63, 3.8) is 0 Å². The minimum atomic E-state index is -0.0471. The first kappa shape index (κ1) is 15.0. The van der Waals surface area contributed by atoms with E-state index in [0.29, 0.717) is 18.2 Å². The fourth-order valence-electron chi connectivity index (χ4n) is 2.93. The first-order chi connectivity index (χ1) is 10.8. The topological polar surface area (TPSA) is 67.0 Å². The highest BCUT2D eigenvalue weighted by atomic mass is 16.5. The fraction of sp³-hybridized carbons (Fsp3) is 0.529. The Labute approximate surface area is 130 Å². The number of aromatic amines is 1. The second-order valence-electron chi connectivity index (χ2n) is 5.87. The van der Waals surface area contributed by atoms with Gasteiger partial charge in [0.05, 0.1) is 23.5 Å². The Bertz CT molecular complexity index is 617. The van der Waals surface area contributed by atoms with E-state index in [0.717, 1.165) is 24.1 Å². The number of imidazole rings is 1. The molecule has 1 heterocycles. The lowest BCUT2D eigenvalue weighted by Crippen LogP contribution is -2.26. The maximum Gasteiger partial charge on any atom is 0.251 e. The molecule has 0 aliphatic heterocycles. The Kier molecular flexibility index (Phi) is 5.06. The minimum Gasteiger partial charge on any atom is -0.378 e. The summed E-state index contributed by atoms with van der Waals surface area (Å²) in [5, 5.41) is 2.94. The summed E-state index contributed by atoms with van der Waals surface area (Å²) in [6.07, 6.45) is 9.23. The number of nitrogens with zero attached hydrogens (tertiary/aromatic N) is 1. The number of rotatable bonds is 6. The molecule has 0 radical (unpaired) electrons. The van der Waals surface area contributed by atoms with E-state index < -0.39 is 0 Å². The molecule has 1 aromatic carbocycles. The van der Waals surface area contributed by atoms with Crippen molar-refractivity contribution in [3.05, 3.63) is 30.1 Å². The van der Waals surface area contributed by atoms with Gasteiger partial charge in [0.15, 0.2) is 0 Å². The number of benzene rings is 1. The van der Waals surface area contributed by atoms with Gasteiger partial charge < -0.3 is 15.0 Å². The molecule has 0 bridgehead atoms. The number of carbonyl (C=O) groups excluding carboxylic acids is 1. The summed E-state index contributed by atoms with van der Waals surface area (Å²) in [5.41, 5.74) is 2.41. The van der Waals surface area contributed by atoms with Crippen molar-refractivity contribution in [2.75, 3.05) is 13.2 Å². The third kappa shape index (κ3) is 3.85. The first-order valence-corrected chi connectivity index (χ1v) is 8.16. The Balaban J connectivity index is 1.38. The number of hydrogen-bond donors (Lipinski definition) is 2. The molecular formula is C17H23N3O2. The Morgan fingerprint density at radius 1 is 1.32 bits per heavy atom. The van der Waals surface area contributed by atoms with Crippen LogP contribution >= 0.6 is 0 Å². The van der Waals surface area contributed by atoms with Gasteiger partial charge in [0.1, 0.15) is 0 Å². The zero-order chi connectivity index (χ0) is 15.2. The van der Waals surface area contributed by atoms with Crippen LogP contribution in [0.15, 0.2) is 24.5 Å². The van der Waals surface area contributed by atoms with E-state index in [2.05, 4.69) is 15.3 Å². The van der Waals surface area contributed by atoms with Gasteiger partial charge >= 0.3 is 0 Å². The Morgan fingerprint density at radius 2 is 2.18 bits per heavy atom. The Morgan fingerprint density at radius 3 is 3.05 bits per heavy atom. The van der Waals surface area contributed by atoms with E-state index in [1.807, 2.05) is 12.1 Å². The van der Waals surface area contributed by atoms with Crippen LogP contribution in [-0.2, 0) is 4.74 Å². The molecule has 0 saturated heterocycles. The van der Waals surface area contributed by atoms with E-state index in [4.69, 9.17) is 4.74 Å². The van der Waals surface area contributed by atoms with Gasteiger partial charge in [-0.2, -0.15) is 0 Å². The molecule has 1 aliphatic rings. The summed E-state index contributed by atoms with van der Waals surface area (Å²) < 4.78 is 5.85. The van der Waals surface area contributed by atoms with Crippen LogP contribution in [0.1, 0.15) is 48.9 Å². The number of H-pyrrole nitrogens is 1. The molecule has 118 valence electrons. The van der Waals surface area contributed by atoms with E-state index in [9.17, 15) is 4.79 Å². The van der Waals surface area contributed by atoms with E-state index in [1.54, 1.807) is 12.4 Å². The maximum absolute atomic E-state index is 12.1. The van der Waals surface area contributed by atoms with Gasteiger partial charge in [0, 0.05) is 18.7 Å². The number of nitrogens with one attached hydrogen (secondary N) is 2. The van der Waals surface area contributed by atoms with Crippen LogP contribution in [0.3, 0.4) is 0 Å². The quantitative estimate of drug-likeness (QED) is 0.806. The van der Waals surface area contributed by atoms with E-state index in [-0.39, 0.29) is 5.91 Å². The molecule has 3 rings (SSSR count). The Hall–Kier alpha value is -1.88. The summed E-state index contributed by atoms with van der Waals surface area (Å²) in [7, 11) is 0. The molecule has 2 N–H and O–H groups in total. The van der Waals surface area contributed by atoms with Crippen LogP contribution in [0.4, 0.5) is 0 Å². The average molecular weight is 301 g/mol. The van der Waals surface area contributed by atoms with Gasteiger partial charge in [-0.3, -0.25) is 4.79 Å². The molecule has 1 aliphatic carbocycles. The summed E-state index contributed by atoms with van der Waals surface area (Å²) in [6.45, 7) is 1.37. The lowest BCUT2D eigenvalue weighted by Gasteiger charge is -2.21. The molecular weight excluding hydrogens is 278 g/mol. The second-order valence-corrected chi connectivity index (χ2v) is 5.87. The predicted molar refractivity (Wildman–Crippen MR) is 85.9 cm³/mol. The van der Waals surface area contributed by atoms with Gasteiger partial charge in [-0.1, -0.05) is 19.3 Å². The molecule has 22 heavy (non-hydrogen) atoms. The van der Waals surface area contributed by atoms with Gasteiger partial charge in [-0.25, -0.2) is 4.98 Å². The van der Waals surface area contributed by atoms with Gasteiger partial charge in [0.2, 0.25) is 0 Å². The molecule has 0 unspecified atom stereocenters. The smallest absolute Gasteiger partial charge is 0.251 e. The van der Waals surface area contributed by atoms with Crippen molar-refractivity contribution in [3.8, 4) is 0 Å². The highest BCUT2D eigenvalue weighted by Crippen LogP contribution is 2.20. The van der Waals surface area contributed by atoms with Crippen LogP contribution in [0.5, 0.6) is 0 Å². The number of ether oxygens (including phenoxy) is 1. The normalized spacial score (nSPS) is 16.0. The monoisotopic (exact) mass is 301 g/mol. The van der Waals surface area contributed by atoms with Gasteiger partial charge in [0.25, 0.3) is 5.91 Å². The SMILES string of the molecule is O=C(NCCCOC1CCCCC1)c1ccc2nc[nH]c2c1. The standard InChI is InChI=1S/C17H23N3O2/c21-17(13-7-8-15-16(11-13)20-12-19-15)18-9-4-10-22-14-5-2-1-3-6-14/h7-8,11-12,14H,1-6,9-10H2,(H,18,21)(H,19,20). The summed E-state index contributed by atoms with van der Waals surface area (Å²) in [5.74, 6) is -0.0471. The highest BCUT2D eigenvalue weighted by Gasteiger charge is 2.13. The van der Waals surface area contributed by atoms with E-state index in [1.165, 1.54) is 32.1 Å². The third-order valence-corrected chi connectivity index (χ3v) is 4.19. The zero-order valence-electron chi connectivity index (χ0n) is 12.8. The largest absolute Gasteiger partial charge is 0.378 e. The summed E-state index contributed by atoms with van der Waals surface area (Å²) in [6, 6.07) is 5.49. The molecule has 2 aromatic rings. The molecule has 1 fully saturated rings. The predicted octanol–water partition coefficient (Wildman–Crippen LogP) is 3.03. The van der Waals surface area contributed by atoms with Crippen molar-refractivity contribution in [2.24, 2.45) is 0 Å².